The van der Waals surface area contributed by atoms with Crippen LogP contribution in [0.5, 0.6) is 5.75 Å². The van der Waals surface area contributed by atoms with Gasteiger partial charge in [-0.05, 0) is 62.7 Å². The second-order valence-electron chi connectivity index (χ2n) is 6.92. The molecule has 1 amide bonds. The van der Waals surface area contributed by atoms with Crippen molar-refractivity contribution in [2.24, 2.45) is 5.92 Å². The molecule has 0 radical (unpaired) electrons. The molecule has 1 saturated carbocycles. The molecule has 2 fully saturated rings. The van der Waals surface area contributed by atoms with Crippen molar-refractivity contribution in [3.05, 3.63) is 24.0 Å². The maximum atomic E-state index is 10.9. The molecule has 1 saturated heterocycles. The number of rotatable bonds is 7. The average molecular weight is 317 g/mol. The van der Waals surface area contributed by atoms with Crippen molar-refractivity contribution in [2.75, 3.05) is 26.7 Å². The van der Waals surface area contributed by atoms with Crippen molar-refractivity contribution >= 4 is 5.91 Å². The third kappa shape index (κ3) is 4.44. The molecule has 0 bridgehead atoms. The van der Waals surface area contributed by atoms with E-state index < -0.39 is 0 Å². The first-order valence-electron chi connectivity index (χ1n) is 8.66. The first-order valence-corrected chi connectivity index (χ1v) is 8.66. The fourth-order valence-electron chi connectivity index (χ4n) is 3.51. The number of aromatic nitrogens is 1. The van der Waals surface area contributed by atoms with E-state index in [0.29, 0.717) is 17.9 Å². The Morgan fingerprint density at radius 1 is 1.48 bits per heavy atom. The highest BCUT2D eigenvalue weighted by molar-refractivity contribution is 5.72. The predicted molar refractivity (Wildman–Crippen MR) is 89.5 cm³/mol. The van der Waals surface area contributed by atoms with Crippen LogP contribution in [0.2, 0.25) is 0 Å². The van der Waals surface area contributed by atoms with Crippen LogP contribution < -0.4 is 10.1 Å². The summed E-state index contributed by atoms with van der Waals surface area (Å²) in [6, 6.07) is 2.68. The van der Waals surface area contributed by atoms with Crippen molar-refractivity contribution in [1.82, 2.24) is 15.2 Å². The Morgan fingerprint density at radius 2 is 2.35 bits per heavy atom. The van der Waals surface area contributed by atoms with Crippen LogP contribution in [0, 0.1) is 5.92 Å². The minimum absolute atomic E-state index is 0.0520. The fourth-order valence-corrected chi connectivity index (χ4v) is 3.51. The highest BCUT2D eigenvalue weighted by Crippen LogP contribution is 2.49. The van der Waals surface area contributed by atoms with E-state index in [9.17, 15) is 4.79 Å². The summed E-state index contributed by atoms with van der Waals surface area (Å²) in [5.41, 5.74) is 1.27. The number of likely N-dealkylation sites (tertiary alicyclic amines) is 1. The van der Waals surface area contributed by atoms with Gasteiger partial charge in [-0.15, -0.1) is 0 Å². The number of hydrogen-bond acceptors (Lipinski definition) is 4. The van der Waals surface area contributed by atoms with Crippen molar-refractivity contribution in [2.45, 2.75) is 44.6 Å². The number of carbonyl (C=O) groups excluding carboxylic acids is 1. The summed E-state index contributed by atoms with van der Waals surface area (Å²) >= 11 is 0. The first kappa shape index (κ1) is 16.2. The van der Waals surface area contributed by atoms with E-state index in [0.717, 1.165) is 25.3 Å². The topological polar surface area (TPSA) is 54.5 Å². The maximum Gasteiger partial charge on any atom is 0.216 e. The Morgan fingerprint density at radius 3 is 3.09 bits per heavy atom. The average Bonchev–Trinajstić information content (AvgIpc) is 3.19. The SMILES string of the molecule is CC(=O)NCCC1CC1c1cncc(OCC2CCCN2C)c1. The van der Waals surface area contributed by atoms with Gasteiger partial charge in [0.25, 0.3) is 0 Å². The van der Waals surface area contributed by atoms with Crippen molar-refractivity contribution in [3.63, 3.8) is 0 Å². The highest BCUT2D eigenvalue weighted by Gasteiger charge is 2.38. The van der Waals surface area contributed by atoms with Crippen LogP contribution in [-0.4, -0.2) is 48.6 Å². The standard InChI is InChI=1S/C18H27N3O2/c1-13(22)20-6-5-14-9-18(14)15-8-17(11-19-10-15)23-12-16-4-3-7-21(16)2/h8,10-11,14,16,18H,3-7,9,12H2,1-2H3,(H,20,22). The van der Waals surface area contributed by atoms with Crippen LogP contribution in [0.1, 0.15) is 44.1 Å². The Kier molecular flexibility index (Phi) is 5.16. The van der Waals surface area contributed by atoms with Crippen LogP contribution >= 0.6 is 0 Å². The van der Waals surface area contributed by atoms with Gasteiger partial charge in [0.15, 0.2) is 0 Å². The molecule has 5 nitrogen and oxygen atoms in total. The van der Waals surface area contributed by atoms with Crippen LogP contribution in [0.4, 0.5) is 0 Å². The molecule has 3 unspecified atom stereocenters. The second kappa shape index (κ2) is 7.30. The second-order valence-corrected chi connectivity index (χ2v) is 6.92. The molecule has 1 N–H and O–H groups in total. The molecule has 2 heterocycles. The van der Waals surface area contributed by atoms with Crippen LogP contribution in [-0.2, 0) is 4.79 Å². The molecule has 1 aliphatic heterocycles. The molecule has 1 aromatic heterocycles. The number of hydrogen-bond donors (Lipinski definition) is 1. The Hall–Kier alpha value is -1.62. The Labute approximate surface area is 138 Å². The van der Waals surface area contributed by atoms with Crippen LogP contribution in [0.3, 0.4) is 0 Å². The summed E-state index contributed by atoms with van der Waals surface area (Å²) in [6.45, 7) is 4.26. The van der Waals surface area contributed by atoms with Crippen molar-refractivity contribution in [1.29, 1.82) is 0 Å². The first-order chi connectivity index (χ1) is 11.1. The van der Waals surface area contributed by atoms with Gasteiger partial charge < -0.3 is 15.0 Å². The molecule has 2 aliphatic rings. The Balaban J connectivity index is 1.47. The third-order valence-electron chi connectivity index (χ3n) is 5.09. The maximum absolute atomic E-state index is 10.9. The van der Waals surface area contributed by atoms with Crippen molar-refractivity contribution in [3.8, 4) is 5.75 Å². The monoisotopic (exact) mass is 317 g/mol. The molecule has 126 valence electrons. The zero-order valence-corrected chi connectivity index (χ0v) is 14.1. The number of ether oxygens (including phenoxy) is 1. The van der Waals surface area contributed by atoms with Gasteiger partial charge in [0.1, 0.15) is 12.4 Å². The van der Waals surface area contributed by atoms with Crippen LogP contribution in [0.15, 0.2) is 18.5 Å². The van der Waals surface area contributed by atoms with E-state index in [1.54, 1.807) is 6.92 Å². The van der Waals surface area contributed by atoms with Gasteiger partial charge in [0.2, 0.25) is 5.91 Å². The van der Waals surface area contributed by atoms with E-state index in [1.807, 2.05) is 12.4 Å². The van der Waals surface area contributed by atoms with Gasteiger partial charge >= 0.3 is 0 Å². The number of likely N-dealkylation sites (N-methyl/N-ethyl adjacent to an activating group) is 1. The number of nitrogens with one attached hydrogen (secondary N) is 1. The minimum atomic E-state index is 0.0520. The summed E-state index contributed by atoms with van der Waals surface area (Å²) in [4.78, 5) is 17.6. The molecular weight excluding hydrogens is 290 g/mol. The van der Waals surface area contributed by atoms with E-state index >= 15 is 0 Å². The highest BCUT2D eigenvalue weighted by atomic mass is 16.5. The quantitative estimate of drug-likeness (QED) is 0.837. The number of amides is 1. The lowest BCUT2D eigenvalue weighted by Gasteiger charge is -2.19. The van der Waals surface area contributed by atoms with Crippen molar-refractivity contribution < 1.29 is 9.53 Å². The zero-order valence-electron chi connectivity index (χ0n) is 14.1. The van der Waals surface area contributed by atoms with Gasteiger partial charge in [-0.25, -0.2) is 0 Å². The van der Waals surface area contributed by atoms with Gasteiger partial charge in [-0.1, -0.05) is 0 Å². The van der Waals surface area contributed by atoms with Crippen LogP contribution in [0.25, 0.3) is 0 Å². The molecule has 3 atom stereocenters. The summed E-state index contributed by atoms with van der Waals surface area (Å²) in [5, 5.41) is 2.87. The number of carbonyl (C=O) groups is 1. The Bertz CT molecular complexity index is 549. The lowest BCUT2D eigenvalue weighted by molar-refractivity contribution is -0.118. The molecule has 0 spiro atoms. The van der Waals surface area contributed by atoms with E-state index in [2.05, 4.69) is 28.3 Å². The van der Waals surface area contributed by atoms with Gasteiger partial charge in [0.05, 0.1) is 6.20 Å². The third-order valence-corrected chi connectivity index (χ3v) is 5.09. The molecule has 1 aromatic rings. The van der Waals surface area contributed by atoms with E-state index in [-0.39, 0.29) is 5.91 Å². The summed E-state index contributed by atoms with van der Waals surface area (Å²) in [7, 11) is 2.17. The van der Waals surface area contributed by atoms with Gasteiger partial charge in [-0.3, -0.25) is 9.78 Å². The largest absolute Gasteiger partial charge is 0.490 e. The molecule has 3 rings (SSSR count). The normalized spacial score (nSPS) is 27.0. The fraction of sp³-hybridized carbons (Fsp3) is 0.667. The van der Waals surface area contributed by atoms with Gasteiger partial charge in [-0.2, -0.15) is 0 Å². The molecular formula is C18H27N3O2. The summed E-state index contributed by atoms with van der Waals surface area (Å²) in [5.74, 6) is 2.18. The molecule has 5 heteroatoms. The zero-order chi connectivity index (χ0) is 16.2. The minimum Gasteiger partial charge on any atom is -0.490 e. The predicted octanol–water partition coefficient (Wildman–Crippen LogP) is 2.18. The number of nitrogens with zero attached hydrogens (tertiary/aromatic N) is 2. The lowest BCUT2D eigenvalue weighted by Crippen LogP contribution is -2.30. The molecule has 1 aliphatic carbocycles. The molecule has 0 aromatic carbocycles. The summed E-state index contributed by atoms with van der Waals surface area (Å²) in [6.07, 6.45) is 8.49. The number of pyridine rings is 1. The lowest BCUT2D eigenvalue weighted by atomic mass is 10.1. The van der Waals surface area contributed by atoms with E-state index in [4.69, 9.17) is 4.74 Å². The summed E-state index contributed by atoms with van der Waals surface area (Å²) < 4.78 is 5.97. The smallest absolute Gasteiger partial charge is 0.216 e. The van der Waals surface area contributed by atoms with E-state index in [1.165, 1.54) is 31.4 Å². The molecule has 23 heavy (non-hydrogen) atoms. The van der Waals surface area contributed by atoms with Gasteiger partial charge in [0, 0.05) is 25.7 Å².